The van der Waals surface area contributed by atoms with Crippen LogP contribution in [-0.2, 0) is 5.54 Å². The van der Waals surface area contributed by atoms with Crippen LogP contribution in [0.25, 0.3) is 10.9 Å². The summed E-state index contributed by atoms with van der Waals surface area (Å²) >= 11 is 5.96. The number of anilines is 2. The van der Waals surface area contributed by atoms with E-state index in [0.717, 1.165) is 48.4 Å². The number of nitrogens with zero attached hydrogens (tertiary/aromatic N) is 4. The number of aromatic nitrogens is 2. The first kappa shape index (κ1) is 22.7. The van der Waals surface area contributed by atoms with Gasteiger partial charge in [0, 0.05) is 54.4 Å². The summed E-state index contributed by atoms with van der Waals surface area (Å²) in [7, 11) is 2.16. The third-order valence-electron chi connectivity index (χ3n) is 6.17. The maximum absolute atomic E-state index is 13.6. The molecule has 2 heterocycles. The summed E-state index contributed by atoms with van der Waals surface area (Å²) in [4.78, 5) is 13.8. The molecule has 170 valence electrons. The number of rotatable bonds is 6. The van der Waals surface area contributed by atoms with Crippen LogP contribution in [0.1, 0.15) is 26.3 Å². The standard InChI is InChI=1S/C24H29ClFN5O/c1-5-32-22-14-21-17(13-18(22)24(2,3)31-10-8-30(4)9-11-31)23(28-15-27-21)29-16-6-7-20(26)19(25)12-16/h6-7,12-15H,5,8-11H2,1-4H3,(H,27,28,29). The molecule has 0 aliphatic carbocycles. The van der Waals surface area contributed by atoms with Crippen molar-refractivity contribution in [2.24, 2.45) is 0 Å². The monoisotopic (exact) mass is 457 g/mol. The molecule has 4 rings (SSSR count). The van der Waals surface area contributed by atoms with E-state index in [1.54, 1.807) is 12.1 Å². The van der Waals surface area contributed by atoms with Crippen LogP contribution in [0, 0.1) is 5.82 Å². The van der Waals surface area contributed by atoms with E-state index in [2.05, 4.69) is 52.0 Å². The SMILES string of the molecule is CCOc1cc2ncnc(Nc3ccc(F)c(Cl)c3)c2cc1C(C)(C)N1CCN(C)CC1. The number of fused-ring (bicyclic) bond motifs is 1. The van der Waals surface area contributed by atoms with Gasteiger partial charge in [-0.05, 0) is 52.1 Å². The Hall–Kier alpha value is -2.48. The van der Waals surface area contributed by atoms with Gasteiger partial charge in [0.15, 0.2) is 0 Å². The molecule has 0 saturated carbocycles. The van der Waals surface area contributed by atoms with Crippen molar-refractivity contribution in [1.82, 2.24) is 19.8 Å². The highest BCUT2D eigenvalue weighted by Gasteiger charge is 2.34. The van der Waals surface area contributed by atoms with Crippen LogP contribution in [0.5, 0.6) is 5.75 Å². The highest BCUT2D eigenvalue weighted by atomic mass is 35.5. The summed E-state index contributed by atoms with van der Waals surface area (Å²) in [6.45, 7) is 11.1. The van der Waals surface area contributed by atoms with Crippen LogP contribution in [0.15, 0.2) is 36.7 Å². The van der Waals surface area contributed by atoms with E-state index in [4.69, 9.17) is 16.3 Å². The van der Waals surface area contributed by atoms with Crippen molar-refractivity contribution >= 4 is 34.0 Å². The van der Waals surface area contributed by atoms with Crippen LogP contribution in [0.3, 0.4) is 0 Å². The van der Waals surface area contributed by atoms with Gasteiger partial charge < -0.3 is 15.0 Å². The van der Waals surface area contributed by atoms with Crippen molar-refractivity contribution in [3.8, 4) is 5.75 Å². The molecule has 1 saturated heterocycles. The lowest BCUT2D eigenvalue weighted by molar-refractivity contribution is 0.0588. The summed E-state index contributed by atoms with van der Waals surface area (Å²) in [6.07, 6.45) is 1.51. The van der Waals surface area contributed by atoms with Gasteiger partial charge in [-0.25, -0.2) is 14.4 Å². The van der Waals surface area contributed by atoms with E-state index < -0.39 is 5.82 Å². The first-order chi connectivity index (χ1) is 15.3. The number of piperazine rings is 1. The predicted octanol–water partition coefficient (Wildman–Crippen LogP) is 5.05. The van der Waals surface area contributed by atoms with Gasteiger partial charge in [-0.15, -0.1) is 0 Å². The fourth-order valence-electron chi connectivity index (χ4n) is 4.18. The Morgan fingerprint density at radius 1 is 1.12 bits per heavy atom. The highest BCUT2D eigenvalue weighted by molar-refractivity contribution is 6.31. The first-order valence-corrected chi connectivity index (χ1v) is 11.2. The lowest BCUT2D eigenvalue weighted by Crippen LogP contribution is -2.52. The summed E-state index contributed by atoms with van der Waals surface area (Å²) in [5, 5.41) is 4.20. The van der Waals surface area contributed by atoms with Gasteiger partial charge in [-0.2, -0.15) is 0 Å². The molecule has 8 heteroatoms. The maximum Gasteiger partial charge on any atom is 0.141 e. The van der Waals surface area contributed by atoms with Crippen LogP contribution in [0.4, 0.5) is 15.9 Å². The van der Waals surface area contributed by atoms with Gasteiger partial charge in [0.25, 0.3) is 0 Å². The zero-order valence-corrected chi connectivity index (χ0v) is 19.7. The van der Waals surface area contributed by atoms with Crippen molar-refractivity contribution in [2.75, 3.05) is 45.2 Å². The molecule has 0 radical (unpaired) electrons. The van der Waals surface area contributed by atoms with E-state index >= 15 is 0 Å². The topological polar surface area (TPSA) is 53.5 Å². The van der Waals surface area contributed by atoms with Crippen molar-refractivity contribution in [2.45, 2.75) is 26.3 Å². The van der Waals surface area contributed by atoms with Crippen molar-refractivity contribution < 1.29 is 9.13 Å². The van der Waals surface area contributed by atoms with Crippen LogP contribution >= 0.6 is 11.6 Å². The minimum absolute atomic E-state index is 0.0592. The number of nitrogens with one attached hydrogen (secondary N) is 1. The second-order valence-electron chi connectivity index (χ2n) is 8.62. The van der Waals surface area contributed by atoms with E-state index in [1.807, 2.05) is 13.0 Å². The minimum atomic E-state index is -0.456. The molecular weight excluding hydrogens is 429 g/mol. The summed E-state index contributed by atoms with van der Waals surface area (Å²) in [5.41, 5.74) is 2.28. The largest absolute Gasteiger partial charge is 0.493 e. The molecule has 6 nitrogen and oxygen atoms in total. The second kappa shape index (κ2) is 9.17. The molecule has 1 aliphatic rings. The third kappa shape index (κ3) is 4.51. The van der Waals surface area contributed by atoms with E-state index in [1.165, 1.54) is 12.4 Å². The van der Waals surface area contributed by atoms with E-state index in [9.17, 15) is 4.39 Å². The molecule has 0 atom stereocenters. The zero-order chi connectivity index (χ0) is 22.9. The number of hydrogen-bond donors (Lipinski definition) is 1. The number of benzene rings is 2. The van der Waals surface area contributed by atoms with Gasteiger partial charge in [0.05, 0.1) is 17.1 Å². The van der Waals surface area contributed by atoms with Gasteiger partial charge in [-0.3, -0.25) is 4.90 Å². The Labute approximate surface area is 193 Å². The molecule has 1 fully saturated rings. The lowest BCUT2D eigenvalue weighted by Gasteiger charge is -2.44. The Kier molecular flexibility index (Phi) is 6.51. The second-order valence-corrected chi connectivity index (χ2v) is 9.03. The Bertz CT molecular complexity index is 1110. The minimum Gasteiger partial charge on any atom is -0.493 e. The molecule has 1 aliphatic heterocycles. The van der Waals surface area contributed by atoms with E-state index in [0.29, 0.717) is 18.1 Å². The molecule has 1 aromatic heterocycles. The van der Waals surface area contributed by atoms with Gasteiger partial charge in [-0.1, -0.05) is 11.6 Å². The number of likely N-dealkylation sites (N-methyl/N-ethyl adjacent to an activating group) is 1. The molecule has 32 heavy (non-hydrogen) atoms. The molecule has 1 N–H and O–H groups in total. The Morgan fingerprint density at radius 3 is 2.56 bits per heavy atom. The van der Waals surface area contributed by atoms with Gasteiger partial charge in [0.1, 0.15) is 23.7 Å². The summed E-state index contributed by atoms with van der Waals surface area (Å²) in [5.74, 6) is 1.01. The molecule has 2 aromatic carbocycles. The third-order valence-corrected chi connectivity index (χ3v) is 6.46. The first-order valence-electron chi connectivity index (χ1n) is 10.9. The average Bonchev–Trinajstić information content (AvgIpc) is 2.76. The molecule has 0 amide bonds. The quantitative estimate of drug-likeness (QED) is 0.559. The average molecular weight is 458 g/mol. The fraction of sp³-hybridized carbons (Fsp3) is 0.417. The molecular formula is C24H29ClFN5O. The molecule has 3 aromatic rings. The molecule has 0 unspecified atom stereocenters. The normalized spacial score (nSPS) is 15.8. The number of halogens is 2. The summed E-state index contributed by atoms with van der Waals surface area (Å²) in [6, 6.07) is 8.62. The lowest BCUT2D eigenvalue weighted by atomic mass is 9.89. The van der Waals surface area contributed by atoms with Gasteiger partial charge in [0.2, 0.25) is 0 Å². The smallest absolute Gasteiger partial charge is 0.141 e. The van der Waals surface area contributed by atoms with Crippen molar-refractivity contribution in [1.29, 1.82) is 0 Å². The Morgan fingerprint density at radius 2 is 1.88 bits per heavy atom. The highest BCUT2D eigenvalue weighted by Crippen LogP contribution is 2.39. The number of ether oxygens (including phenoxy) is 1. The Balaban J connectivity index is 1.78. The fourth-order valence-corrected chi connectivity index (χ4v) is 4.36. The van der Waals surface area contributed by atoms with Crippen LogP contribution < -0.4 is 10.1 Å². The summed E-state index contributed by atoms with van der Waals surface area (Å²) < 4.78 is 19.6. The van der Waals surface area contributed by atoms with Crippen molar-refractivity contribution in [3.63, 3.8) is 0 Å². The van der Waals surface area contributed by atoms with Gasteiger partial charge >= 0.3 is 0 Å². The van der Waals surface area contributed by atoms with E-state index in [-0.39, 0.29) is 10.6 Å². The van der Waals surface area contributed by atoms with Crippen molar-refractivity contribution in [3.05, 3.63) is 53.1 Å². The predicted molar refractivity (Wildman–Crippen MR) is 127 cm³/mol. The van der Waals surface area contributed by atoms with Crippen LogP contribution in [0.2, 0.25) is 5.02 Å². The number of hydrogen-bond acceptors (Lipinski definition) is 6. The maximum atomic E-state index is 13.6. The molecule has 0 spiro atoms. The molecule has 0 bridgehead atoms. The zero-order valence-electron chi connectivity index (χ0n) is 19.0. The van der Waals surface area contributed by atoms with Crippen LogP contribution in [-0.4, -0.2) is 59.6 Å².